The van der Waals surface area contributed by atoms with Crippen LogP contribution in [0.1, 0.15) is 10.4 Å². The lowest BCUT2D eigenvalue weighted by Crippen LogP contribution is -2.16. The highest BCUT2D eigenvalue weighted by Crippen LogP contribution is 2.23. The predicted molar refractivity (Wildman–Crippen MR) is 74.9 cm³/mol. The zero-order valence-corrected chi connectivity index (χ0v) is 12.5. The van der Waals surface area contributed by atoms with Gasteiger partial charge in [0.2, 0.25) is 0 Å². The molecule has 0 saturated heterocycles. The predicted octanol–water partition coefficient (Wildman–Crippen LogP) is 2.69. The van der Waals surface area contributed by atoms with Crippen molar-refractivity contribution in [2.24, 2.45) is 0 Å². The number of halogens is 3. The van der Waals surface area contributed by atoms with Crippen molar-refractivity contribution in [3.05, 3.63) is 59.4 Å². The minimum atomic E-state index is -4.60. The van der Waals surface area contributed by atoms with Gasteiger partial charge in [0.15, 0.2) is 0 Å². The average Bonchev–Trinajstić information content (AvgIpc) is 2.50. The van der Waals surface area contributed by atoms with E-state index in [9.17, 15) is 26.4 Å². The Hall–Kier alpha value is -2.55. The molecule has 0 aliphatic carbocycles. The summed E-state index contributed by atoms with van der Waals surface area (Å²) in [6, 6.07) is 4.64. The Balaban J connectivity index is 2.45. The zero-order chi connectivity index (χ0) is 17.2. The number of sulfonamides is 1. The van der Waals surface area contributed by atoms with Crippen molar-refractivity contribution >= 4 is 21.7 Å². The molecule has 0 atom stereocenters. The fourth-order valence-electron chi connectivity index (χ4n) is 1.73. The summed E-state index contributed by atoms with van der Waals surface area (Å²) in [6.45, 7) is 0. The molecule has 0 fully saturated rings. The smallest absolute Gasteiger partial charge is 0.337 e. The third-order valence-electron chi connectivity index (χ3n) is 2.81. The van der Waals surface area contributed by atoms with Gasteiger partial charge in [0, 0.05) is 0 Å². The highest BCUT2D eigenvalue weighted by molar-refractivity contribution is 7.92. The molecule has 2 aromatic carbocycles. The summed E-state index contributed by atoms with van der Waals surface area (Å²) in [6.07, 6.45) is 0. The summed E-state index contributed by atoms with van der Waals surface area (Å²) in [5, 5.41) is 0. The lowest BCUT2D eigenvalue weighted by atomic mass is 10.2. The van der Waals surface area contributed by atoms with Gasteiger partial charge in [-0.2, -0.15) is 0 Å². The van der Waals surface area contributed by atoms with E-state index in [1.807, 2.05) is 0 Å². The molecular weight excluding hydrogens is 335 g/mol. The monoisotopic (exact) mass is 345 g/mol. The molecule has 0 heterocycles. The third-order valence-corrected chi connectivity index (χ3v) is 4.20. The van der Waals surface area contributed by atoms with Gasteiger partial charge in [-0.25, -0.2) is 26.4 Å². The number of nitrogens with one attached hydrogen (secondary N) is 1. The van der Waals surface area contributed by atoms with Gasteiger partial charge in [-0.05, 0) is 36.4 Å². The number of ether oxygens (including phenoxy) is 1. The first-order valence-electron chi connectivity index (χ1n) is 6.10. The van der Waals surface area contributed by atoms with Crippen molar-refractivity contribution in [1.29, 1.82) is 0 Å². The Labute approximate surface area is 129 Å². The van der Waals surface area contributed by atoms with E-state index in [-0.39, 0.29) is 5.56 Å². The maximum absolute atomic E-state index is 13.7. The molecule has 1 N–H and O–H groups in total. The standard InChI is InChI=1S/C14H10F3NO4S/c1-22-14(19)8-2-4-10(16)12(6-8)18-23(20,21)13-7-9(15)3-5-11(13)17/h2-7,18H,1H3. The number of carbonyl (C=O) groups is 1. The number of hydrogen-bond acceptors (Lipinski definition) is 4. The summed E-state index contributed by atoms with van der Waals surface area (Å²) < 4.78 is 70.8. The van der Waals surface area contributed by atoms with Gasteiger partial charge in [0.1, 0.15) is 22.3 Å². The van der Waals surface area contributed by atoms with Crippen LogP contribution in [0.5, 0.6) is 0 Å². The van der Waals surface area contributed by atoms with Crippen LogP contribution < -0.4 is 4.72 Å². The normalized spacial score (nSPS) is 11.1. The van der Waals surface area contributed by atoms with Gasteiger partial charge in [-0.1, -0.05) is 0 Å². The fourth-order valence-corrected chi connectivity index (χ4v) is 2.88. The van der Waals surface area contributed by atoms with Gasteiger partial charge in [-0.3, -0.25) is 4.72 Å². The Morgan fingerprint density at radius 2 is 1.70 bits per heavy atom. The maximum atomic E-state index is 13.7. The van der Waals surface area contributed by atoms with Gasteiger partial charge >= 0.3 is 5.97 Å². The van der Waals surface area contributed by atoms with Crippen molar-refractivity contribution in [3.8, 4) is 0 Å². The highest BCUT2D eigenvalue weighted by atomic mass is 32.2. The van der Waals surface area contributed by atoms with Crippen molar-refractivity contribution < 1.29 is 31.1 Å². The topological polar surface area (TPSA) is 72.5 Å². The summed E-state index contributed by atoms with van der Waals surface area (Å²) >= 11 is 0. The number of rotatable bonds is 4. The van der Waals surface area contributed by atoms with Gasteiger partial charge < -0.3 is 4.74 Å². The molecular formula is C14H10F3NO4S. The molecule has 0 unspecified atom stereocenters. The lowest BCUT2D eigenvalue weighted by Gasteiger charge is -2.11. The molecule has 0 radical (unpaired) electrons. The molecule has 0 aromatic heterocycles. The Bertz CT molecular complexity index is 868. The molecule has 0 aliphatic rings. The third kappa shape index (κ3) is 3.62. The first kappa shape index (κ1) is 16.8. The molecule has 0 spiro atoms. The number of benzene rings is 2. The second kappa shape index (κ2) is 6.29. The Morgan fingerprint density at radius 1 is 1.04 bits per heavy atom. The summed E-state index contributed by atoms with van der Waals surface area (Å²) in [4.78, 5) is 10.4. The van der Waals surface area contributed by atoms with E-state index < -0.39 is 44.0 Å². The maximum Gasteiger partial charge on any atom is 0.337 e. The minimum absolute atomic E-state index is 0.119. The molecule has 122 valence electrons. The van der Waals surface area contributed by atoms with E-state index in [4.69, 9.17) is 0 Å². The summed E-state index contributed by atoms with van der Waals surface area (Å²) in [7, 11) is -3.50. The fraction of sp³-hybridized carbons (Fsp3) is 0.0714. The molecule has 0 aliphatic heterocycles. The van der Waals surface area contributed by atoms with Crippen LogP contribution in [0.25, 0.3) is 0 Å². The van der Waals surface area contributed by atoms with Crippen LogP contribution in [0.4, 0.5) is 18.9 Å². The largest absolute Gasteiger partial charge is 0.465 e. The first-order valence-corrected chi connectivity index (χ1v) is 7.58. The molecule has 2 aromatic rings. The lowest BCUT2D eigenvalue weighted by molar-refractivity contribution is 0.0600. The van der Waals surface area contributed by atoms with Crippen LogP contribution in [0, 0.1) is 17.5 Å². The van der Waals surface area contributed by atoms with Crippen molar-refractivity contribution in [2.45, 2.75) is 4.90 Å². The number of methoxy groups -OCH3 is 1. The van der Waals surface area contributed by atoms with E-state index in [0.29, 0.717) is 12.1 Å². The number of anilines is 1. The summed E-state index contributed by atoms with van der Waals surface area (Å²) in [5.41, 5.74) is -0.720. The van der Waals surface area contributed by atoms with Crippen LogP contribution >= 0.6 is 0 Å². The molecule has 0 saturated carbocycles. The number of hydrogen-bond donors (Lipinski definition) is 1. The Kier molecular flexibility index (Phi) is 4.60. The van der Waals surface area contributed by atoms with E-state index in [2.05, 4.69) is 4.74 Å². The quantitative estimate of drug-likeness (QED) is 0.865. The molecule has 2 rings (SSSR count). The minimum Gasteiger partial charge on any atom is -0.465 e. The average molecular weight is 345 g/mol. The first-order chi connectivity index (χ1) is 10.7. The van der Waals surface area contributed by atoms with Crippen LogP contribution in [0.3, 0.4) is 0 Å². The zero-order valence-electron chi connectivity index (χ0n) is 11.6. The van der Waals surface area contributed by atoms with E-state index in [0.717, 1.165) is 31.4 Å². The van der Waals surface area contributed by atoms with E-state index in [1.165, 1.54) is 0 Å². The molecule has 0 bridgehead atoms. The van der Waals surface area contributed by atoms with Crippen molar-refractivity contribution in [2.75, 3.05) is 11.8 Å². The van der Waals surface area contributed by atoms with Crippen LogP contribution in [0.15, 0.2) is 41.3 Å². The number of esters is 1. The highest BCUT2D eigenvalue weighted by Gasteiger charge is 2.22. The van der Waals surface area contributed by atoms with Crippen LogP contribution in [-0.4, -0.2) is 21.5 Å². The number of carbonyl (C=O) groups excluding carboxylic acids is 1. The van der Waals surface area contributed by atoms with Gasteiger partial charge in [0.05, 0.1) is 18.4 Å². The van der Waals surface area contributed by atoms with Crippen LogP contribution in [0.2, 0.25) is 0 Å². The molecule has 9 heteroatoms. The second-order valence-corrected chi connectivity index (χ2v) is 6.02. The van der Waals surface area contributed by atoms with Crippen LogP contribution in [-0.2, 0) is 14.8 Å². The second-order valence-electron chi connectivity index (χ2n) is 4.37. The SMILES string of the molecule is COC(=O)c1ccc(F)c(NS(=O)(=O)c2cc(F)ccc2F)c1. The van der Waals surface area contributed by atoms with Crippen molar-refractivity contribution in [3.63, 3.8) is 0 Å². The molecule has 0 amide bonds. The van der Waals surface area contributed by atoms with Gasteiger partial charge in [-0.15, -0.1) is 0 Å². The van der Waals surface area contributed by atoms with E-state index in [1.54, 1.807) is 4.72 Å². The molecule has 5 nitrogen and oxygen atoms in total. The van der Waals surface area contributed by atoms with E-state index >= 15 is 0 Å². The van der Waals surface area contributed by atoms with Crippen molar-refractivity contribution in [1.82, 2.24) is 0 Å². The molecule has 23 heavy (non-hydrogen) atoms. The van der Waals surface area contributed by atoms with Gasteiger partial charge in [0.25, 0.3) is 10.0 Å². The Morgan fingerprint density at radius 3 is 2.35 bits per heavy atom. The summed E-state index contributed by atoms with van der Waals surface area (Å²) in [5.74, 6) is -4.00.